The second-order valence-electron chi connectivity index (χ2n) is 5.34. The van der Waals surface area contributed by atoms with Crippen LogP contribution in [-0.2, 0) is 16.8 Å². The van der Waals surface area contributed by atoms with Crippen LogP contribution in [0.15, 0.2) is 18.2 Å². The van der Waals surface area contributed by atoms with Crippen LogP contribution in [0.2, 0.25) is 0 Å². The van der Waals surface area contributed by atoms with E-state index in [0.29, 0.717) is 12.2 Å². The molecule has 6 heteroatoms. The number of halogens is 4. The molecule has 0 aromatic heterocycles. The summed E-state index contributed by atoms with van der Waals surface area (Å²) < 4.78 is 44.7. The number of anilines is 1. The van der Waals surface area contributed by atoms with Crippen LogP contribution in [0.4, 0.5) is 18.9 Å². The Morgan fingerprint density at radius 2 is 2.10 bits per heavy atom. The van der Waals surface area contributed by atoms with E-state index in [1.165, 1.54) is 12.1 Å². The van der Waals surface area contributed by atoms with Crippen LogP contribution >= 0.6 is 11.6 Å². The van der Waals surface area contributed by atoms with Gasteiger partial charge in [0.05, 0.1) is 11.7 Å². The SMILES string of the molecule is CN(CC1CCCCO1)c1ccc(CCl)c(C(F)(F)F)c1. The molecular formula is C15H19ClF3NO. The highest BCUT2D eigenvalue weighted by atomic mass is 35.5. The van der Waals surface area contributed by atoms with Gasteiger partial charge in [-0.2, -0.15) is 13.2 Å². The second kappa shape index (κ2) is 6.88. The van der Waals surface area contributed by atoms with Gasteiger partial charge >= 0.3 is 6.18 Å². The first-order valence-electron chi connectivity index (χ1n) is 7.00. The zero-order valence-corrected chi connectivity index (χ0v) is 12.7. The molecule has 0 amide bonds. The summed E-state index contributed by atoms with van der Waals surface area (Å²) in [7, 11) is 1.79. The van der Waals surface area contributed by atoms with Crippen LogP contribution in [0.1, 0.15) is 30.4 Å². The third kappa shape index (κ3) is 4.27. The first kappa shape index (κ1) is 16.4. The molecule has 0 bridgehead atoms. The first-order chi connectivity index (χ1) is 9.91. The Morgan fingerprint density at radius 1 is 1.33 bits per heavy atom. The van der Waals surface area contributed by atoms with Crippen molar-refractivity contribution >= 4 is 17.3 Å². The molecule has 1 atom stereocenters. The summed E-state index contributed by atoms with van der Waals surface area (Å²) in [5.41, 5.74) is -0.0213. The predicted octanol–water partition coefficient (Wildman–Crippen LogP) is 4.45. The average Bonchev–Trinajstić information content (AvgIpc) is 2.46. The number of benzene rings is 1. The van der Waals surface area contributed by atoms with Crippen molar-refractivity contribution in [3.63, 3.8) is 0 Å². The van der Waals surface area contributed by atoms with E-state index in [1.54, 1.807) is 13.1 Å². The fourth-order valence-corrected chi connectivity index (χ4v) is 2.78. The molecule has 1 aromatic carbocycles. The highest BCUT2D eigenvalue weighted by Crippen LogP contribution is 2.35. The molecule has 1 aliphatic rings. The molecule has 1 saturated heterocycles. The number of likely N-dealkylation sites (N-methyl/N-ethyl adjacent to an activating group) is 1. The Kier molecular flexibility index (Phi) is 5.38. The number of hydrogen-bond donors (Lipinski definition) is 0. The molecule has 0 saturated carbocycles. The van der Waals surface area contributed by atoms with E-state index in [1.807, 2.05) is 4.90 Å². The van der Waals surface area contributed by atoms with E-state index < -0.39 is 11.7 Å². The van der Waals surface area contributed by atoms with Gasteiger partial charge in [-0.15, -0.1) is 11.6 Å². The summed E-state index contributed by atoms with van der Waals surface area (Å²) in [6, 6.07) is 4.29. The van der Waals surface area contributed by atoms with Crippen LogP contribution in [0.3, 0.4) is 0 Å². The van der Waals surface area contributed by atoms with Gasteiger partial charge in [0.2, 0.25) is 0 Å². The molecule has 1 unspecified atom stereocenters. The third-order valence-corrected chi connectivity index (χ3v) is 4.02. The lowest BCUT2D eigenvalue weighted by Crippen LogP contribution is -2.33. The molecule has 1 aromatic rings. The van der Waals surface area contributed by atoms with E-state index in [9.17, 15) is 13.2 Å². The monoisotopic (exact) mass is 321 g/mol. The summed E-state index contributed by atoms with van der Waals surface area (Å²) >= 11 is 5.59. The van der Waals surface area contributed by atoms with Crippen molar-refractivity contribution in [3.05, 3.63) is 29.3 Å². The van der Waals surface area contributed by atoms with Crippen molar-refractivity contribution < 1.29 is 17.9 Å². The predicted molar refractivity (Wildman–Crippen MR) is 77.9 cm³/mol. The van der Waals surface area contributed by atoms with Crippen molar-refractivity contribution in [2.75, 3.05) is 25.1 Å². The summed E-state index contributed by atoms with van der Waals surface area (Å²) in [6.45, 7) is 1.33. The zero-order chi connectivity index (χ0) is 15.5. The summed E-state index contributed by atoms with van der Waals surface area (Å²) in [5.74, 6) is -0.148. The van der Waals surface area contributed by atoms with Crippen LogP contribution in [0.5, 0.6) is 0 Å². The van der Waals surface area contributed by atoms with Crippen molar-refractivity contribution in [2.24, 2.45) is 0 Å². The molecule has 0 N–H and O–H groups in total. The zero-order valence-electron chi connectivity index (χ0n) is 11.9. The summed E-state index contributed by atoms with van der Waals surface area (Å²) in [4.78, 5) is 1.81. The topological polar surface area (TPSA) is 12.5 Å². The van der Waals surface area contributed by atoms with Gasteiger partial charge in [0.1, 0.15) is 0 Å². The number of hydrogen-bond acceptors (Lipinski definition) is 2. The fraction of sp³-hybridized carbons (Fsp3) is 0.600. The molecule has 21 heavy (non-hydrogen) atoms. The number of rotatable bonds is 4. The van der Waals surface area contributed by atoms with Crippen LogP contribution in [0, 0.1) is 0 Å². The Labute approximate surface area is 127 Å². The van der Waals surface area contributed by atoms with Gasteiger partial charge in [-0.05, 0) is 37.0 Å². The maximum absolute atomic E-state index is 13.0. The number of alkyl halides is 4. The highest BCUT2D eigenvalue weighted by Gasteiger charge is 2.33. The van der Waals surface area contributed by atoms with Gasteiger partial charge in [-0.1, -0.05) is 6.07 Å². The van der Waals surface area contributed by atoms with E-state index in [2.05, 4.69) is 0 Å². The summed E-state index contributed by atoms with van der Waals surface area (Å²) in [6.07, 6.45) is -1.18. The molecule has 118 valence electrons. The maximum atomic E-state index is 13.0. The average molecular weight is 322 g/mol. The van der Waals surface area contributed by atoms with Gasteiger partial charge in [0.15, 0.2) is 0 Å². The van der Waals surface area contributed by atoms with Gasteiger partial charge in [-0.25, -0.2) is 0 Å². The van der Waals surface area contributed by atoms with Gasteiger partial charge in [0, 0.05) is 31.8 Å². The molecule has 1 aliphatic heterocycles. The van der Waals surface area contributed by atoms with Crippen molar-refractivity contribution in [2.45, 2.75) is 37.4 Å². The molecular weight excluding hydrogens is 303 g/mol. The standard InChI is InChI=1S/C15H19ClF3NO/c1-20(10-13-4-2-3-7-21-13)12-6-5-11(9-16)14(8-12)15(17,18)19/h5-6,8,13H,2-4,7,9-10H2,1H3. The lowest BCUT2D eigenvalue weighted by molar-refractivity contribution is -0.138. The lowest BCUT2D eigenvalue weighted by Gasteiger charge is -2.29. The minimum Gasteiger partial charge on any atom is -0.376 e. The smallest absolute Gasteiger partial charge is 0.376 e. The molecule has 0 aliphatic carbocycles. The molecule has 0 spiro atoms. The van der Waals surface area contributed by atoms with Crippen LogP contribution in [-0.4, -0.2) is 26.3 Å². The summed E-state index contributed by atoms with van der Waals surface area (Å²) in [5, 5.41) is 0. The lowest BCUT2D eigenvalue weighted by atomic mass is 10.1. The van der Waals surface area contributed by atoms with E-state index in [4.69, 9.17) is 16.3 Å². The van der Waals surface area contributed by atoms with Crippen LogP contribution < -0.4 is 4.90 Å². The number of nitrogens with zero attached hydrogens (tertiary/aromatic N) is 1. The Morgan fingerprint density at radius 3 is 2.67 bits per heavy atom. The largest absolute Gasteiger partial charge is 0.416 e. The minimum absolute atomic E-state index is 0.0887. The quantitative estimate of drug-likeness (QED) is 0.760. The van der Waals surface area contributed by atoms with E-state index in [-0.39, 0.29) is 17.5 Å². The van der Waals surface area contributed by atoms with E-state index >= 15 is 0 Å². The maximum Gasteiger partial charge on any atom is 0.416 e. The Bertz CT molecular complexity index is 472. The van der Waals surface area contributed by atoms with Crippen molar-refractivity contribution in [1.82, 2.24) is 0 Å². The second-order valence-corrected chi connectivity index (χ2v) is 5.61. The first-order valence-corrected chi connectivity index (χ1v) is 7.54. The van der Waals surface area contributed by atoms with Crippen LogP contribution in [0.25, 0.3) is 0 Å². The molecule has 1 heterocycles. The van der Waals surface area contributed by atoms with Crippen molar-refractivity contribution in [3.8, 4) is 0 Å². The molecule has 2 nitrogen and oxygen atoms in total. The molecule has 2 rings (SSSR count). The van der Waals surface area contributed by atoms with Gasteiger partial charge in [0.25, 0.3) is 0 Å². The molecule has 1 fully saturated rings. The Hall–Kier alpha value is -0.940. The Balaban J connectivity index is 2.15. The highest BCUT2D eigenvalue weighted by molar-refractivity contribution is 6.17. The van der Waals surface area contributed by atoms with Gasteiger partial charge < -0.3 is 9.64 Å². The van der Waals surface area contributed by atoms with Crippen molar-refractivity contribution in [1.29, 1.82) is 0 Å². The fourth-order valence-electron chi connectivity index (χ4n) is 2.54. The normalized spacial score (nSPS) is 19.6. The minimum atomic E-state index is -4.39. The molecule has 0 radical (unpaired) electrons. The van der Waals surface area contributed by atoms with Gasteiger partial charge in [-0.3, -0.25) is 0 Å². The number of ether oxygens (including phenoxy) is 1. The van der Waals surface area contributed by atoms with E-state index in [0.717, 1.165) is 25.9 Å². The third-order valence-electron chi connectivity index (χ3n) is 3.74.